The third-order valence-corrected chi connectivity index (χ3v) is 10.1. The SMILES string of the molecule is CN1B(c2ccccc2)c2ccc(Oc3ccc4c5ccccc5n(-c5cc(C(C)(C)C)ccn5)c4c3)cc2N2CN(c3ccccc3)C=C12. The van der Waals surface area contributed by atoms with Gasteiger partial charge in [0.15, 0.2) is 0 Å². The molecule has 0 amide bonds. The number of hydrogen-bond donors (Lipinski definition) is 0. The van der Waals surface area contributed by atoms with Crippen molar-refractivity contribution in [2.45, 2.75) is 26.2 Å². The van der Waals surface area contributed by atoms with Crippen LogP contribution in [0.15, 0.2) is 152 Å². The third-order valence-electron chi connectivity index (χ3n) is 10.1. The van der Waals surface area contributed by atoms with Gasteiger partial charge in [0.1, 0.15) is 29.8 Å². The second-order valence-corrected chi connectivity index (χ2v) is 14.3. The maximum absolute atomic E-state index is 6.74. The summed E-state index contributed by atoms with van der Waals surface area (Å²) in [6, 6.07) is 47.2. The van der Waals surface area contributed by atoms with Crippen molar-refractivity contribution in [3.8, 4) is 17.3 Å². The molecule has 4 heterocycles. The molecule has 2 aliphatic rings. The Bertz CT molecular complexity index is 2410. The van der Waals surface area contributed by atoms with Gasteiger partial charge in [-0.3, -0.25) is 4.57 Å². The molecule has 0 spiro atoms. The summed E-state index contributed by atoms with van der Waals surface area (Å²) >= 11 is 0. The van der Waals surface area contributed by atoms with Crippen molar-refractivity contribution in [1.82, 2.24) is 14.4 Å². The van der Waals surface area contributed by atoms with Crippen molar-refractivity contribution >= 4 is 51.0 Å². The number of pyridine rings is 1. The van der Waals surface area contributed by atoms with Crippen molar-refractivity contribution in [1.29, 1.82) is 0 Å². The Hall–Kier alpha value is -5.95. The van der Waals surface area contributed by atoms with Gasteiger partial charge in [-0.2, -0.15) is 0 Å². The molecule has 6 nitrogen and oxygen atoms in total. The zero-order valence-electron chi connectivity index (χ0n) is 28.8. The third kappa shape index (κ3) is 5.00. The second kappa shape index (κ2) is 11.6. The van der Waals surface area contributed by atoms with Gasteiger partial charge in [0, 0.05) is 46.7 Å². The molecule has 0 saturated heterocycles. The van der Waals surface area contributed by atoms with E-state index in [0.29, 0.717) is 6.67 Å². The van der Waals surface area contributed by atoms with Gasteiger partial charge in [0.2, 0.25) is 0 Å². The van der Waals surface area contributed by atoms with Gasteiger partial charge >= 0.3 is 6.85 Å². The van der Waals surface area contributed by atoms with Crippen LogP contribution in [0.25, 0.3) is 27.6 Å². The molecule has 5 aromatic carbocycles. The molecule has 0 bridgehead atoms. The van der Waals surface area contributed by atoms with Crippen LogP contribution in [0.1, 0.15) is 26.3 Å². The monoisotopic (exact) mass is 651 g/mol. The predicted octanol–water partition coefficient (Wildman–Crippen LogP) is 8.40. The van der Waals surface area contributed by atoms with Crippen LogP contribution in [0, 0.1) is 0 Å². The maximum atomic E-state index is 6.74. The van der Waals surface area contributed by atoms with E-state index in [0.717, 1.165) is 39.9 Å². The van der Waals surface area contributed by atoms with Crippen molar-refractivity contribution in [2.24, 2.45) is 0 Å². The largest absolute Gasteiger partial charge is 0.457 e. The van der Waals surface area contributed by atoms with Crippen molar-refractivity contribution in [3.05, 3.63) is 157 Å². The number of fused-ring (bicyclic) bond motifs is 6. The number of benzene rings is 5. The lowest BCUT2D eigenvalue weighted by Crippen LogP contribution is -2.61. The average molecular weight is 652 g/mol. The fraction of sp³-hybridized carbons (Fsp3) is 0.140. The van der Waals surface area contributed by atoms with Crippen LogP contribution in [-0.4, -0.2) is 34.9 Å². The number of ether oxygens (including phenoxy) is 1. The van der Waals surface area contributed by atoms with Crippen molar-refractivity contribution in [3.63, 3.8) is 0 Å². The van der Waals surface area contributed by atoms with E-state index < -0.39 is 0 Å². The zero-order valence-corrected chi connectivity index (χ0v) is 28.8. The van der Waals surface area contributed by atoms with Crippen LogP contribution < -0.4 is 25.5 Å². The van der Waals surface area contributed by atoms with Crippen LogP contribution in [0.5, 0.6) is 11.5 Å². The van der Waals surface area contributed by atoms with E-state index in [4.69, 9.17) is 9.72 Å². The molecule has 0 aliphatic carbocycles. The standard InChI is InChI=1S/C43H38BN5O/c1-43(2,3)30-23-24-45-41(25-30)49-38-18-12-11-17-35(38)36-21-19-33(26-39(36)49)50-34-20-22-37-40(27-34)48-29-47(32-15-9-6-10-16-32)28-42(48)46(4)44(37)31-13-7-5-8-14-31/h5-28H,29H2,1-4H3. The van der Waals surface area contributed by atoms with E-state index in [9.17, 15) is 0 Å². The Morgan fingerprint density at radius 3 is 2.20 bits per heavy atom. The predicted molar refractivity (Wildman–Crippen MR) is 207 cm³/mol. The Morgan fingerprint density at radius 1 is 0.700 bits per heavy atom. The molecule has 2 aliphatic heterocycles. The van der Waals surface area contributed by atoms with E-state index in [1.807, 2.05) is 6.20 Å². The summed E-state index contributed by atoms with van der Waals surface area (Å²) in [6.07, 6.45) is 4.18. The van der Waals surface area contributed by atoms with E-state index in [1.165, 1.54) is 32.9 Å². The average Bonchev–Trinajstić information content (AvgIpc) is 3.73. The van der Waals surface area contributed by atoms with Crippen LogP contribution in [-0.2, 0) is 5.41 Å². The Labute approximate surface area is 293 Å². The summed E-state index contributed by atoms with van der Waals surface area (Å²) in [6.45, 7) is 7.50. The molecule has 0 unspecified atom stereocenters. The number of aromatic nitrogens is 2. The lowest BCUT2D eigenvalue weighted by molar-refractivity contribution is 0.483. The van der Waals surface area contributed by atoms with Gasteiger partial charge < -0.3 is 19.3 Å². The van der Waals surface area contributed by atoms with E-state index in [2.05, 4.69) is 187 Å². The second-order valence-electron chi connectivity index (χ2n) is 14.3. The van der Waals surface area contributed by atoms with Crippen LogP contribution in [0.3, 0.4) is 0 Å². The molecule has 50 heavy (non-hydrogen) atoms. The lowest BCUT2D eigenvalue weighted by atomic mass is 9.48. The lowest BCUT2D eigenvalue weighted by Gasteiger charge is -2.41. The quantitative estimate of drug-likeness (QED) is 0.175. The van der Waals surface area contributed by atoms with Gasteiger partial charge in [-0.05, 0) is 72.0 Å². The zero-order chi connectivity index (χ0) is 34.0. The maximum Gasteiger partial charge on any atom is 0.326 e. The van der Waals surface area contributed by atoms with Gasteiger partial charge in [-0.25, -0.2) is 4.98 Å². The molecule has 7 heteroatoms. The highest BCUT2D eigenvalue weighted by Crippen LogP contribution is 2.38. The van der Waals surface area contributed by atoms with Gasteiger partial charge in [0.05, 0.1) is 11.0 Å². The smallest absolute Gasteiger partial charge is 0.326 e. The summed E-state index contributed by atoms with van der Waals surface area (Å²) in [5.74, 6) is 3.64. The minimum Gasteiger partial charge on any atom is -0.457 e. The minimum atomic E-state index is 0.00795. The highest BCUT2D eigenvalue weighted by atomic mass is 16.5. The normalized spacial score (nSPS) is 14.3. The van der Waals surface area contributed by atoms with Gasteiger partial charge in [-0.1, -0.05) is 99.0 Å². The summed E-state index contributed by atoms with van der Waals surface area (Å²) in [5.41, 5.74) is 8.26. The molecule has 0 N–H and O–H groups in total. The van der Waals surface area contributed by atoms with E-state index in [-0.39, 0.29) is 12.3 Å². The molecule has 0 radical (unpaired) electrons. The van der Waals surface area contributed by atoms with Crippen molar-refractivity contribution < 1.29 is 4.74 Å². The molecule has 244 valence electrons. The molecule has 0 saturated carbocycles. The van der Waals surface area contributed by atoms with Crippen LogP contribution in [0.4, 0.5) is 11.4 Å². The summed E-state index contributed by atoms with van der Waals surface area (Å²) in [5, 5.41) is 2.36. The fourth-order valence-electron chi connectivity index (χ4n) is 7.57. The van der Waals surface area contributed by atoms with E-state index >= 15 is 0 Å². The topological polar surface area (TPSA) is 36.8 Å². The first-order valence-electron chi connectivity index (χ1n) is 17.2. The highest BCUT2D eigenvalue weighted by Gasteiger charge is 2.40. The molecular formula is C43H38BN5O. The molecule has 0 atom stereocenters. The molecule has 0 fully saturated rings. The number of nitrogens with zero attached hydrogens (tertiary/aromatic N) is 5. The van der Waals surface area contributed by atoms with Crippen LogP contribution >= 0.6 is 0 Å². The summed E-state index contributed by atoms with van der Waals surface area (Å²) in [4.78, 5) is 11.9. The fourth-order valence-corrected chi connectivity index (χ4v) is 7.57. The number of para-hydroxylation sites is 2. The molecule has 9 rings (SSSR count). The Balaban J connectivity index is 1.13. The van der Waals surface area contributed by atoms with Gasteiger partial charge in [0.25, 0.3) is 0 Å². The molecular weight excluding hydrogens is 613 g/mol. The summed E-state index contributed by atoms with van der Waals surface area (Å²) in [7, 11) is 2.19. The first-order valence-corrected chi connectivity index (χ1v) is 17.2. The molecule has 7 aromatic rings. The highest BCUT2D eigenvalue weighted by molar-refractivity contribution is 6.84. The number of hydrogen-bond acceptors (Lipinski definition) is 5. The first-order chi connectivity index (χ1) is 24.3. The summed E-state index contributed by atoms with van der Waals surface area (Å²) < 4.78 is 9.00. The van der Waals surface area contributed by atoms with Crippen molar-refractivity contribution in [2.75, 3.05) is 23.5 Å². The first kappa shape index (κ1) is 30.1. The van der Waals surface area contributed by atoms with E-state index in [1.54, 1.807) is 0 Å². The Kier molecular flexibility index (Phi) is 6.99. The minimum absolute atomic E-state index is 0.00795. The van der Waals surface area contributed by atoms with Crippen LogP contribution in [0.2, 0.25) is 0 Å². The number of anilines is 2. The Morgan fingerprint density at radius 2 is 1.40 bits per heavy atom. The number of rotatable bonds is 5. The molecule has 2 aromatic heterocycles. The van der Waals surface area contributed by atoms with Gasteiger partial charge in [-0.15, -0.1) is 0 Å².